The van der Waals surface area contributed by atoms with E-state index < -0.39 is 17.4 Å². The summed E-state index contributed by atoms with van der Waals surface area (Å²) < 4.78 is 47.1. The molecular formula is C18H12F3N3O2. The van der Waals surface area contributed by atoms with Crippen LogP contribution in [0.25, 0.3) is 27.6 Å². The smallest absolute Gasteiger partial charge is 0.417 e. The lowest BCUT2D eigenvalue weighted by atomic mass is 10.0. The molecule has 0 saturated carbocycles. The number of aryl methyl sites for hydroxylation is 1. The zero-order chi connectivity index (χ0) is 18.6. The van der Waals surface area contributed by atoms with Gasteiger partial charge in [-0.2, -0.15) is 18.2 Å². The molecule has 4 rings (SSSR count). The summed E-state index contributed by atoms with van der Waals surface area (Å²) in [5.74, 6) is -0.177. The van der Waals surface area contributed by atoms with E-state index in [0.29, 0.717) is 11.3 Å². The van der Waals surface area contributed by atoms with Crippen molar-refractivity contribution in [2.45, 2.75) is 13.1 Å². The standard InChI is InChI=1S/C18H12F3N3O2/c1-9-4-2-3-5-12(9)24-13-8-11(18(19,20)21)10-6-7-26-15(10)14(13)16(22)23-17(24)25/h2-8H,1H3,(H2,22,23,25). The van der Waals surface area contributed by atoms with Crippen LogP contribution in [-0.2, 0) is 6.18 Å². The largest absolute Gasteiger partial charge is 0.463 e. The third-order valence-electron chi connectivity index (χ3n) is 4.29. The second-order valence-corrected chi connectivity index (χ2v) is 5.88. The number of anilines is 1. The molecule has 0 aliphatic carbocycles. The Hall–Kier alpha value is -3.29. The summed E-state index contributed by atoms with van der Waals surface area (Å²) in [6, 6.07) is 8.97. The molecule has 26 heavy (non-hydrogen) atoms. The van der Waals surface area contributed by atoms with Crippen molar-refractivity contribution in [1.82, 2.24) is 9.55 Å². The molecule has 8 heteroatoms. The minimum Gasteiger partial charge on any atom is -0.463 e. The highest BCUT2D eigenvalue weighted by Crippen LogP contribution is 2.40. The number of nitrogen functional groups attached to an aromatic ring is 1. The van der Waals surface area contributed by atoms with E-state index >= 15 is 0 Å². The van der Waals surface area contributed by atoms with Gasteiger partial charge in [0.15, 0.2) is 0 Å². The Balaban J connectivity index is 2.28. The zero-order valence-electron chi connectivity index (χ0n) is 13.5. The maximum absolute atomic E-state index is 13.6. The summed E-state index contributed by atoms with van der Waals surface area (Å²) in [6.45, 7) is 1.75. The van der Waals surface area contributed by atoms with Crippen molar-refractivity contribution in [1.29, 1.82) is 0 Å². The van der Waals surface area contributed by atoms with Gasteiger partial charge in [0.2, 0.25) is 0 Å². The number of aromatic nitrogens is 2. The van der Waals surface area contributed by atoms with Gasteiger partial charge in [-0.3, -0.25) is 4.57 Å². The van der Waals surface area contributed by atoms with Gasteiger partial charge in [0, 0.05) is 5.39 Å². The number of benzene rings is 2. The number of hydrogen-bond donors (Lipinski definition) is 1. The van der Waals surface area contributed by atoms with E-state index in [1.165, 1.54) is 6.07 Å². The van der Waals surface area contributed by atoms with Crippen LogP contribution in [0.4, 0.5) is 19.0 Å². The van der Waals surface area contributed by atoms with Crippen LogP contribution >= 0.6 is 0 Å². The highest BCUT2D eigenvalue weighted by molar-refractivity contribution is 6.09. The highest BCUT2D eigenvalue weighted by atomic mass is 19.4. The van der Waals surface area contributed by atoms with Gasteiger partial charge in [0.05, 0.1) is 28.4 Å². The molecule has 2 aromatic carbocycles. The van der Waals surface area contributed by atoms with Gasteiger partial charge in [-0.25, -0.2) is 4.79 Å². The summed E-state index contributed by atoms with van der Waals surface area (Å²) in [7, 11) is 0. The highest BCUT2D eigenvalue weighted by Gasteiger charge is 2.35. The van der Waals surface area contributed by atoms with Crippen molar-refractivity contribution in [2.75, 3.05) is 5.73 Å². The molecule has 0 radical (unpaired) electrons. The van der Waals surface area contributed by atoms with Crippen LogP contribution in [0.1, 0.15) is 11.1 Å². The van der Waals surface area contributed by atoms with Gasteiger partial charge in [-0.15, -0.1) is 0 Å². The summed E-state index contributed by atoms with van der Waals surface area (Å²) in [6.07, 6.45) is -3.47. The third-order valence-corrected chi connectivity index (χ3v) is 4.29. The molecule has 5 nitrogen and oxygen atoms in total. The van der Waals surface area contributed by atoms with E-state index in [1.54, 1.807) is 31.2 Å². The number of halogens is 3. The first-order valence-corrected chi connectivity index (χ1v) is 7.64. The molecular weight excluding hydrogens is 347 g/mol. The number of fused-ring (bicyclic) bond motifs is 3. The predicted octanol–water partition coefficient (Wildman–Crippen LogP) is 4.04. The van der Waals surface area contributed by atoms with Gasteiger partial charge in [-0.1, -0.05) is 18.2 Å². The van der Waals surface area contributed by atoms with Crippen molar-refractivity contribution in [3.05, 3.63) is 64.3 Å². The first-order chi connectivity index (χ1) is 12.3. The van der Waals surface area contributed by atoms with E-state index in [4.69, 9.17) is 10.2 Å². The molecule has 2 heterocycles. The topological polar surface area (TPSA) is 74.0 Å². The zero-order valence-corrected chi connectivity index (χ0v) is 13.5. The first-order valence-electron chi connectivity index (χ1n) is 7.64. The number of furan rings is 1. The minimum atomic E-state index is -4.62. The summed E-state index contributed by atoms with van der Waals surface area (Å²) >= 11 is 0. The number of nitrogens with two attached hydrogens (primary N) is 1. The molecule has 0 aliphatic rings. The Morgan fingerprint density at radius 3 is 2.62 bits per heavy atom. The van der Waals surface area contributed by atoms with Crippen LogP contribution in [0.2, 0.25) is 0 Å². The summed E-state index contributed by atoms with van der Waals surface area (Å²) in [4.78, 5) is 16.3. The van der Waals surface area contributed by atoms with Crippen molar-refractivity contribution in [3.8, 4) is 5.69 Å². The molecule has 0 amide bonds. The Morgan fingerprint density at radius 2 is 1.92 bits per heavy atom. The second kappa shape index (κ2) is 5.35. The number of para-hydroxylation sites is 1. The molecule has 0 aliphatic heterocycles. The van der Waals surface area contributed by atoms with Crippen molar-refractivity contribution in [3.63, 3.8) is 0 Å². The molecule has 2 N–H and O–H groups in total. The van der Waals surface area contributed by atoms with Crippen LogP contribution in [0.3, 0.4) is 0 Å². The Kier molecular flexibility index (Phi) is 3.33. The van der Waals surface area contributed by atoms with E-state index in [-0.39, 0.29) is 27.7 Å². The van der Waals surface area contributed by atoms with Gasteiger partial charge in [0.1, 0.15) is 11.4 Å². The monoisotopic (exact) mass is 359 g/mol. The van der Waals surface area contributed by atoms with Crippen LogP contribution < -0.4 is 11.4 Å². The average molecular weight is 359 g/mol. The fourth-order valence-electron chi connectivity index (χ4n) is 3.14. The molecule has 0 bridgehead atoms. The van der Waals surface area contributed by atoms with Crippen molar-refractivity contribution in [2.24, 2.45) is 0 Å². The number of hydrogen-bond acceptors (Lipinski definition) is 4. The fraction of sp³-hybridized carbons (Fsp3) is 0.111. The number of rotatable bonds is 1. The van der Waals surface area contributed by atoms with Gasteiger partial charge >= 0.3 is 11.9 Å². The summed E-state index contributed by atoms with van der Waals surface area (Å²) in [5, 5.41) is 0.0364. The first kappa shape index (κ1) is 16.2. The molecule has 2 aromatic heterocycles. The van der Waals surface area contributed by atoms with Gasteiger partial charge in [0.25, 0.3) is 0 Å². The predicted molar refractivity (Wildman–Crippen MR) is 91.3 cm³/mol. The second-order valence-electron chi connectivity index (χ2n) is 5.88. The lowest BCUT2D eigenvalue weighted by Crippen LogP contribution is -2.24. The van der Waals surface area contributed by atoms with E-state index in [0.717, 1.165) is 16.9 Å². The van der Waals surface area contributed by atoms with Crippen molar-refractivity contribution < 1.29 is 17.6 Å². The average Bonchev–Trinajstić information content (AvgIpc) is 3.03. The van der Waals surface area contributed by atoms with Gasteiger partial charge in [-0.05, 0) is 30.7 Å². The van der Waals surface area contributed by atoms with Crippen LogP contribution in [0.15, 0.2) is 51.9 Å². The molecule has 0 atom stereocenters. The molecule has 0 spiro atoms. The minimum absolute atomic E-state index is 0.00780. The lowest BCUT2D eigenvalue weighted by molar-refractivity contribution is -0.136. The molecule has 0 unspecified atom stereocenters. The van der Waals surface area contributed by atoms with E-state index in [2.05, 4.69) is 4.98 Å². The third kappa shape index (κ3) is 2.26. The molecule has 4 aromatic rings. The Morgan fingerprint density at radius 1 is 1.19 bits per heavy atom. The Labute approximate surface area is 144 Å². The molecule has 0 fully saturated rings. The Bertz CT molecular complexity index is 1220. The quantitative estimate of drug-likeness (QED) is 0.557. The number of nitrogens with zero attached hydrogens (tertiary/aromatic N) is 2. The van der Waals surface area contributed by atoms with E-state index in [9.17, 15) is 18.0 Å². The maximum atomic E-state index is 13.6. The molecule has 0 saturated heterocycles. The number of alkyl halides is 3. The SMILES string of the molecule is Cc1ccccc1-n1c(=O)nc(N)c2c3occc3c(C(F)(F)F)cc21. The van der Waals surface area contributed by atoms with E-state index in [1.807, 2.05) is 0 Å². The van der Waals surface area contributed by atoms with Gasteiger partial charge < -0.3 is 10.2 Å². The summed E-state index contributed by atoms with van der Waals surface area (Å²) in [5.41, 5.74) is 5.27. The van der Waals surface area contributed by atoms with Crippen LogP contribution in [0, 0.1) is 6.92 Å². The maximum Gasteiger partial charge on any atom is 0.417 e. The van der Waals surface area contributed by atoms with Crippen molar-refractivity contribution >= 4 is 27.7 Å². The normalized spacial score (nSPS) is 12.2. The fourth-order valence-corrected chi connectivity index (χ4v) is 3.14. The molecule has 132 valence electrons. The lowest BCUT2D eigenvalue weighted by Gasteiger charge is -2.16. The van der Waals surface area contributed by atoms with Crippen LogP contribution in [-0.4, -0.2) is 9.55 Å². The van der Waals surface area contributed by atoms with Crippen LogP contribution in [0.5, 0.6) is 0 Å².